The molecule has 0 heterocycles. The van der Waals surface area contributed by atoms with Crippen LogP contribution in [0.2, 0.25) is 0 Å². The Morgan fingerprint density at radius 1 is 1.38 bits per heavy atom. The molecule has 0 radical (unpaired) electrons. The third-order valence-corrected chi connectivity index (χ3v) is 6.19. The van der Waals surface area contributed by atoms with Gasteiger partial charge in [0.1, 0.15) is 0 Å². The Bertz CT molecular complexity index is 550. The quantitative estimate of drug-likeness (QED) is 0.675. The van der Waals surface area contributed by atoms with Crippen LogP contribution in [0.1, 0.15) is 25.8 Å². The second-order valence-corrected chi connectivity index (χ2v) is 8.37. The van der Waals surface area contributed by atoms with Gasteiger partial charge in [-0.1, -0.05) is 13.0 Å². The first-order chi connectivity index (χ1) is 9.90. The Morgan fingerprint density at radius 3 is 2.67 bits per heavy atom. The van der Waals surface area contributed by atoms with Gasteiger partial charge in [-0.3, -0.25) is 0 Å². The van der Waals surface area contributed by atoms with Gasteiger partial charge in [-0.15, -0.1) is 0 Å². The number of benzene rings is 1. The summed E-state index contributed by atoms with van der Waals surface area (Å²) < 4.78 is 28.1. The first-order valence-electron chi connectivity index (χ1n) is 6.91. The maximum Gasteiger partial charge on any atom is 0.241 e. The number of halogens is 1. The van der Waals surface area contributed by atoms with Crippen molar-refractivity contribution in [3.8, 4) is 0 Å². The third-order valence-electron chi connectivity index (χ3n) is 2.98. The van der Waals surface area contributed by atoms with E-state index in [2.05, 4.69) is 26.0 Å². The van der Waals surface area contributed by atoms with Crippen molar-refractivity contribution >= 4 is 37.7 Å². The molecule has 1 aromatic rings. The van der Waals surface area contributed by atoms with Crippen molar-refractivity contribution in [1.82, 2.24) is 10.0 Å². The zero-order valence-corrected chi connectivity index (χ0v) is 15.9. The van der Waals surface area contributed by atoms with Gasteiger partial charge in [0.15, 0.2) is 0 Å². The minimum atomic E-state index is -3.48. The lowest BCUT2D eigenvalue weighted by Gasteiger charge is -2.15. The first kappa shape index (κ1) is 19.0. The number of nitrogens with one attached hydrogen (secondary N) is 2. The molecule has 1 aromatic carbocycles. The van der Waals surface area contributed by atoms with Gasteiger partial charge >= 0.3 is 0 Å². The molecule has 0 saturated heterocycles. The van der Waals surface area contributed by atoms with Crippen molar-refractivity contribution in [2.75, 3.05) is 18.6 Å². The Morgan fingerprint density at radius 2 is 2.10 bits per heavy atom. The van der Waals surface area contributed by atoms with Crippen molar-refractivity contribution in [3.63, 3.8) is 0 Å². The lowest BCUT2D eigenvalue weighted by molar-refractivity contribution is 0.556. The van der Waals surface area contributed by atoms with Crippen LogP contribution in [0.25, 0.3) is 0 Å². The highest BCUT2D eigenvalue weighted by Crippen LogP contribution is 2.23. The lowest BCUT2D eigenvalue weighted by atomic mass is 10.2. The predicted molar refractivity (Wildman–Crippen MR) is 94.3 cm³/mol. The number of rotatable bonds is 9. The molecule has 0 saturated carbocycles. The number of sulfonamides is 1. The summed E-state index contributed by atoms with van der Waals surface area (Å²) in [4.78, 5) is 0.291. The minimum absolute atomic E-state index is 0.0733. The van der Waals surface area contributed by atoms with E-state index in [1.54, 1.807) is 17.8 Å². The Kier molecular flexibility index (Phi) is 8.26. The van der Waals surface area contributed by atoms with E-state index < -0.39 is 10.0 Å². The van der Waals surface area contributed by atoms with E-state index in [1.165, 1.54) is 0 Å². The van der Waals surface area contributed by atoms with E-state index in [0.717, 1.165) is 30.8 Å². The molecule has 21 heavy (non-hydrogen) atoms. The third kappa shape index (κ3) is 6.28. The minimum Gasteiger partial charge on any atom is -0.313 e. The number of thioether (sulfide) groups is 1. The number of hydrogen-bond acceptors (Lipinski definition) is 4. The highest BCUT2D eigenvalue weighted by Gasteiger charge is 2.20. The summed E-state index contributed by atoms with van der Waals surface area (Å²) in [6.07, 6.45) is 2.83. The molecule has 0 aliphatic carbocycles. The fourth-order valence-electron chi connectivity index (χ4n) is 1.82. The van der Waals surface area contributed by atoms with Crippen molar-refractivity contribution in [2.24, 2.45) is 0 Å². The summed E-state index contributed by atoms with van der Waals surface area (Å²) in [5.74, 6) is 0.937. The summed E-state index contributed by atoms with van der Waals surface area (Å²) in [5, 5.41) is 3.22. The van der Waals surface area contributed by atoms with E-state index in [0.29, 0.717) is 9.37 Å². The molecule has 1 rings (SSSR count). The molecule has 0 aromatic heterocycles. The van der Waals surface area contributed by atoms with Crippen LogP contribution in [0.3, 0.4) is 0 Å². The van der Waals surface area contributed by atoms with E-state index in [-0.39, 0.29) is 6.04 Å². The van der Waals surface area contributed by atoms with Crippen LogP contribution < -0.4 is 10.0 Å². The van der Waals surface area contributed by atoms with Gasteiger partial charge in [-0.25, -0.2) is 13.1 Å². The SMILES string of the molecule is CCNCc1ccc(S(=O)(=O)NC(C)CCSC)c(Br)c1. The molecule has 0 spiro atoms. The summed E-state index contributed by atoms with van der Waals surface area (Å²) >= 11 is 5.08. The molecule has 0 bridgehead atoms. The van der Waals surface area contributed by atoms with E-state index in [1.807, 2.05) is 32.2 Å². The first-order valence-corrected chi connectivity index (χ1v) is 10.6. The number of hydrogen-bond donors (Lipinski definition) is 2. The van der Waals surface area contributed by atoms with Crippen LogP contribution in [0, 0.1) is 0 Å². The Balaban J connectivity index is 2.83. The Hall–Kier alpha value is -0.0800. The summed E-state index contributed by atoms with van der Waals surface area (Å²) in [5.41, 5.74) is 1.05. The second-order valence-electron chi connectivity index (χ2n) is 4.85. The van der Waals surface area contributed by atoms with Crippen molar-refractivity contribution in [3.05, 3.63) is 28.2 Å². The van der Waals surface area contributed by atoms with Crippen LogP contribution in [0.4, 0.5) is 0 Å². The molecular formula is C14H23BrN2O2S2. The Labute approximate surface area is 140 Å². The zero-order chi connectivity index (χ0) is 15.9. The van der Waals surface area contributed by atoms with Crippen LogP contribution in [0.15, 0.2) is 27.6 Å². The van der Waals surface area contributed by atoms with Crippen molar-refractivity contribution in [2.45, 2.75) is 37.8 Å². The normalized spacial score (nSPS) is 13.3. The average Bonchev–Trinajstić information content (AvgIpc) is 2.42. The molecular weight excluding hydrogens is 372 g/mol. The van der Waals surface area contributed by atoms with E-state index in [9.17, 15) is 8.42 Å². The zero-order valence-electron chi connectivity index (χ0n) is 12.6. The molecule has 1 unspecified atom stereocenters. The largest absolute Gasteiger partial charge is 0.313 e. The molecule has 0 fully saturated rings. The molecule has 4 nitrogen and oxygen atoms in total. The lowest BCUT2D eigenvalue weighted by Crippen LogP contribution is -2.33. The topological polar surface area (TPSA) is 58.2 Å². The maximum atomic E-state index is 12.4. The fraction of sp³-hybridized carbons (Fsp3) is 0.571. The van der Waals surface area contributed by atoms with Gasteiger partial charge < -0.3 is 5.32 Å². The highest BCUT2D eigenvalue weighted by atomic mass is 79.9. The standard InChI is InChI=1S/C14H23BrN2O2S2/c1-4-16-10-12-5-6-14(13(15)9-12)21(18,19)17-11(2)7-8-20-3/h5-6,9,11,16-17H,4,7-8,10H2,1-3H3. The fourth-order valence-corrected chi connectivity index (χ4v) is 4.82. The van der Waals surface area contributed by atoms with Gasteiger partial charge in [0.2, 0.25) is 10.0 Å². The summed E-state index contributed by atoms with van der Waals surface area (Å²) in [7, 11) is -3.48. The van der Waals surface area contributed by atoms with Gasteiger partial charge in [-0.2, -0.15) is 11.8 Å². The molecule has 0 aliphatic rings. The van der Waals surface area contributed by atoms with Gasteiger partial charge in [-0.05, 0) is 65.5 Å². The van der Waals surface area contributed by atoms with Gasteiger partial charge in [0.25, 0.3) is 0 Å². The summed E-state index contributed by atoms with van der Waals surface area (Å²) in [6, 6.07) is 5.27. The predicted octanol–water partition coefficient (Wildman–Crippen LogP) is 2.98. The highest BCUT2D eigenvalue weighted by molar-refractivity contribution is 9.10. The van der Waals surface area contributed by atoms with E-state index in [4.69, 9.17) is 0 Å². The van der Waals surface area contributed by atoms with Crippen molar-refractivity contribution in [1.29, 1.82) is 0 Å². The molecule has 7 heteroatoms. The molecule has 1 atom stereocenters. The monoisotopic (exact) mass is 394 g/mol. The van der Waals surface area contributed by atoms with E-state index >= 15 is 0 Å². The maximum absolute atomic E-state index is 12.4. The molecule has 120 valence electrons. The van der Waals surface area contributed by atoms with Crippen molar-refractivity contribution < 1.29 is 8.42 Å². The van der Waals surface area contributed by atoms with Crippen LogP contribution in [-0.2, 0) is 16.6 Å². The average molecular weight is 395 g/mol. The molecule has 0 aliphatic heterocycles. The summed E-state index contributed by atoms with van der Waals surface area (Å²) in [6.45, 7) is 5.54. The molecule has 0 amide bonds. The van der Waals surface area contributed by atoms with Crippen LogP contribution in [-0.4, -0.2) is 33.0 Å². The second kappa shape index (κ2) is 9.15. The van der Waals surface area contributed by atoms with Gasteiger partial charge in [0, 0.05) is 17.1 Å². The van der Waals surface area contributed by atoms with Crippen LogP contribution >= 0.6 is 27.7 Å². The van der Waals surface area contributed by atoms with Gasteiger partial charge in [0.05, 0.1) is 4.90 Å². The van der Waals surface area contributed by atoms with Crippen LogP contribution in [0.5, 0.6) is 0 Å². The molecule has 2 N–H and O–H groups in total. The smallest absolute Gasteiger partial charge is 0.241 e.